The minimum Gasteiger partial charge on any atom is -0.0654 e. The topological polar surface area (TPSA) is 0 Å². The molecule has 0 aromatic heterocycles. The Hall–Kier alpha value is -0.780. The van der Waals surface area contributed by atoms with Gasteiger partial charge in [-0.2, -0.15) is 0 Å². The van der Waals surface area contributed by atoms with Gasteiger partial charge in [0.25, 0.3) is 0 Å². The SMILES string of the molecule is CCCCCCC(CCC)(CCC)c1[c]cccc1. The van der Waals surface area contributed by atoms with Crippen LogP contribution in [0.1, 0.15) is 84.1 Å². The fourth-order valence-electron chi connectivity index (χ4n) is 3.35. The average molecular weight is 259 g/mol. The van der Waals surface area contributed by atoms with Gasteiger partial charge in [0.2, 0.25) is 0 Å². The second kappa shape index (κ2) is 9.18. The van der Waals surface area contributed by atoms with Crippen LogP contribution in [0.15, 0.2) is 24.3 Å². The molecule has 0 heterocycles. The first-order valence-electron chi connectivity index (χ1n) is 8.26. The van der Waals surface area contributed by atoms with Crippen LogP contribution in [0.3, 0.4) is 0 Å². The summed E-state index contributed by atoms with van der Waals surface area (Å²) in [6.45, 7) is 6.93. The Balaban J connectivity index is 2.81. The van der Waals surface area contributed by atoms with E-state index in [1.807, 2.05) is 0 Å². The molecule has 0 saturated heterocycles. The zero-order chi connectivity index (χ0) is 14.0. The van der Waals surface area contributed by atoms with Crippen LogP contribution in [0, 0.1) is 6.07 Å². The first kappa shape index (κ1) is 16.3. The van der Waals surface area contributed by atoms with Crippen LogP contribution in [-0.4, -0.2) is 0 Å². The van der Waals surface area contributed by atoms with Crippen LogP contribution in [0.25, 0.3) is 0 Å². The van der Waals surface area contributed by atoms with Crippen molar-refractivity contribution in [3.8, 4) is 0 Å². The monoisotopic (exact) mass is 259 g/mol. The lowest BCUT2D eigenvalue weighted by Gasteiger charge is -2.34. The quantitative estimate of drug-likeness (QED) is 0.433. The number of hydrogen-bond donors (Lipinski definition) is 0. The molecule has 0 fully saturated rings. The second-order valence-corrected chi connectivity index (χ2v) is 5.87. The number of benzene rings is 1. The number of hydrogen-bond acceptors (Lipinski definition) is 0. The van der Waals surface area contributed by atoms with Crippen molar-refractivity contribution in [1.82, 2.24) is 0 Å². The molecule has 0 N–H and O–H groups in total. The van der Waals surface area contributed by atoms with E-state index in [9.17, 15) is 0 Å². The molecular weight excluding hydrogens is 228 g/mol. The van der Waals surface area contributed by atoms with Crippen LogP contribution < -0.4 is 0 Å². The summed E-state index contributed by atoms with van der Waals surface area (Å²) < 4.78 is 0. The highest BCUT2D eigenvalue weighted by Gasteiger charge is 2.29. The predicted molar refractivity (Wildman–Crippen MR) is 85.5 cm³/mol. The molecule has 1 radical (unpaired) electrons. The van der Waals surface area contributed by atoms with Crippen LogP contribution in [0.4, 0.5) is 0 Å². The Morgan fingerprint density at radius 1 is 0.842 bits per heavy atom. The van der Waals surface area contributed by atoms with Crippen molar-refractivity contribution in [3.63, 3.8) is 0 Å². The van der Waals surface area contributed by atoms with Gasteiger partial charge < -0.3 is 0 Å². The van der Waals surface area contributed by atoms with Crippen molar-refractivity contribution < 1.29 is 0 Å². The normalized spacial score (nSPS) is 11.7. The van der Waals surface area contributed by atoms with E-state index in [0.717, 1.165) is 0 Å². The highest BCUT2D eigenvalue weighted by Crippen LogP contribution is 2.39. The minimum absolute atomic E-state index is 0.387. The van der Waals surface area contributed by atoms with Crippen molar-refractivity contribution in [3.05, 3.63) is 35.9 Å². The zero-order valence-corrected chi connectivity index (χ0v) is 13.2. The van der Waals surface area contributed by atoms with Gasteiger partial charge in [-0.15, -0.1) is 0 Å². The summed E-state index contributed by atoms with van der Waals surface area (Å²) in [5, 5.41) is 0. The van der Waals surface area contributed by atoms with Gasteiger partial charge in [-0.3, -0.25) is 0 Å². The molecule has 1 rings (SSSR count). The molecule has 0 aliphatic carbocycles. The van der Waals surface area contributed by atoms with Gasteiger partial charge in [-0.25, -0.2) is 0 Å². The highest BCUT2D eigenvalue weighted by atomic mass is 14.3. The van der Waals surface area contributed by atoms with E-state index < -0.39 is 0 Å². The molecule has 19 heavy (non-hydrogen) atoms. The van der Waals surface area contributed by atoms with E-state index in [0.29, 0.717) is 5.41 Å². The number of unbranched alkanes of at least 4 members (excludes halogenated alkanes) is 3. The third-order valence-corrected chi connectivity index (χ3v) is 4.25. The summed E-state index contributed by atoms with van der Waals surface area (Å²) in [5.74, 6) is 0. The van der Waals surface area contributed by atoms with Crippen molar-refractivity contribution in [2.45, 2.75) is 84.0 Å². The molecule has 0 atom stereocenters. The molecule has 0 aliphatic rings. The third kappa shape index (κ3) is 5.01. The Bertz CT molecular complexity index is 306. The smallest absolute Gasteiger partial charge is 0.00410 e. The van der Waals surface area contributed by atoms with Gasteiger partial charge in [0.05, 0.1) is 0 Å². The van der Waals surface area contributed by atoms with Gasteiger partial charge >= 0.3 is 0 Å². The van der Waals surface area contributed by atoms with E-state index in [4.69, 9.17) is 0 Å². The minimum atomic E-state index is 0.387. The van der Waals surface area contributed by atoms with Crippen molar-refractivity contribution in [1.29, 1.82) is 0 Å². The van der Waals surface area contributed by atoms with Crippen molar-refractivity contribution >= 4 is 0 Å². The summed E-state index contributed by atoms with van der Waals surface area (Å²) in [6.07, 6.45) is 12.0. The van der Waals surface area contributed by atoms with Crippen LogP contribution >= 0.6 is 0 Å². The number of rotatable bonds is 10. The van der Waals surface area contributed by atoms with Gasteiger partial charge in [-0.05, 0) is 36.3 Å². The summed E-state index contributed by atoms with van der Waals surface area (Å²) in [6, 6.07) is 12.2. The van der Waals surface area contributed by atoms with E-state index in [1.165, 1.54) is 63.4 Å². The molecular formula is C19H31. The Morgan fingerprint density at radius 3 is 2.11 bits per heavy atom. The molecule has 1 aromatic carbocycles. The Morgan fingerprint density at radius 2 is 1.58 bits per heavy atom. The van der Waals surface area contributed by atoms with Crippen LogP contribution in [0.2, 0.25) is 0 Å². The van der Waals surface area contributed by atoms with E-state index >= 15 is 0 Å². The fourth-order valence-corrected chi connectivity index (χ4v) is 3.35. The Labute approximate surface area is 120 Å². The Kier molecular flexibility index (Phi) is 7.86. The molecule has 0 aliphatic heterocycles. The molecule has 0 nitrogen and oxygen atoms in total. The molecule has 0 spiro atoms. The second-order valence-electron chi connectivity index (χ2n) is 5.87. The maximum absolute atomic E-state index is 3.52. The van der Waals surface area contributed by atoms with Crippen molar-refractivity contribution in [2.24, 2.45) is 0 Å². The van der Waals surface area contributed by atoms with E-state index in [1.54, 1.807) is 0 Å². The van der Waals surface area contributed by atoms with Gasteiger partial charge in [0, 0.05) is 0 Å². The lowest BCUT2D eigenvalue weighted by molar-refractivity contribution is 0.317. The van der Waals surface area contributed by atoms with Gasteiger partial charge in [-0.1, -0.05) is 83.6 Å². The first-order valence-corrected chi connectivity index (χ1v) is 8.26. The highest BCUT2D eigenvalue weighted by molar-refractivity contribution is 5.24. The van der Waals surface area contributed by atoms with Crippen molar-refractivity contribution in [2.75, 3.05) is 0 Å². The van der Waals surface area contributed by atoms with Crippen LogP contribution in [0.5, 0.6) is 0 Å². The largest absolute Gasteiger partial charge is 0.0654 e. The first-order chi connectivity index (χ1) is 9.29. The summed E-state index contributed by atoms with van der Waals surface area (Å²) in [5.41, 5.74) is 1.84. The maximum atomic E-state index is 3.52. The molecule has 0 heteroatoms. The fraction of sp³-hybridized carbons (Fsp3) is 0.684. The standard InChI is InChI=1S/C19H31/c1-4-7-8-12-17-19(15-5-2,16-6-3)18-13-10-9-11-14-18/h9-11,13H,4-8,12,15-17H2,1-3H3. The third-order valence-electron chi connectivity index (χ3n) is 4.25. The van der Waals surface area contributed by atoms with E-state index in [2.05, 4.69) is 51.1 Å². The molecule has 0 saturated carbocycles. The predicted octanol–water partition coefficient (Wildman–Crippen LogP) is 6.30. The zero-order valence-electron chi connectivity index (χ0n) is 13.2. The molecule has 107 valence electrons. The average Bonchev–Trinajstić information content (AvgIpc) is 2.45. The molecule has 1 aromatic rings. The summed E-state index contributed by atoms with van der Waals surface area (Å²) in [7, 11) is 0. The lowest BCUT2D eigenvalue weighted by atomic mass is 9.70. The summed E-state index contributed by atoms with van der Waals surface area (Å²) in [4.78, 5) is 0. The maximum Gasteiger partial charge on any atom is -0.00410 e. The molecule has 0 amide bonds. The summed E-state index contributed by atoms with van der Waals surface area (Å²) >= 11 is 0. The van der Waals surface area contributed by atoms with Crippen LogP contribution in [-0.2, 0) is 5.41 Å². The molecule has 0 bridgehead atoms. The lowest BCUT2D eigenvalue weighted by Crippen LogP contribution is -2.26. The molecule has 0 unspecified atom stereocenters. The van der Waals surface area contributed by atoms with E-state index in [-0.39, 0.29) is 0 Å². The van der Waals surface area contributed by atoms with Gasteiger partial charge in [0.1, 0.15) is 0 Å². The van der Waals surface area contributed by atoms with Gasteiger partial charge in [0.15, 0.2) is 0 Å².